The van der Waals surface area contributed by atoms with E-state index in [1.165, 1.54) is 11.3 Å². The monoisotopic (exact) mass is 461 g/mol. The number of aromatic nitrogens is 1. The first kappa shape index (κ1) is 19.6. The van der Waals surface area contributed by atoms with Gasteiger partial charge in [0.15, 0.2) is 0 Å². The molecule has 0 aliphatic carbocycles. The zero-order valence-corrected chi connectivity index (χ0v) is 17.7. The van der Waals surface area contributed by atoms with Crippen LogP contribution in [0.3, 0.4) is 0 Å². The van der Waals surface area contributed by atoms with Crippen molar-refractivity contribution >= 4 is 44.8 Å². The Morgan fingerprint density at radius 3 is 2.56 bits per heavy atom. The van der Waals surface area contributed by atoms with Crippen LogP contribution in [0.4, 0.5) is 0 Å². The van der Waals surface area contributed by atoms with Crippen LogP contribution < -0.4 is 10.2 Å². The van der Waals surface area contributed by atoms with Crippen molar-refractivity contribution in [3.05, 3.63) is 85.9 Å². The predicted molar refractivity (Wildman–Crippen MR) is 116 cm³/mol. The fourth-order valence-corrected chi connectivity index (χ4v) is 3.88. The minimum Gasteiger partial charge on any atom is -0.267 e. The SMILES string of the molecule is C=CCN=c1sc(C)c(-c2ccc(Cl)cc2)n1NC(=O)c1ccc(Br)cc1. The number of halogens is 2. The molecule has 0 saturated carbocycles. The summed E-state index contributed by atoms with van der Waals surface area (Å²) in [5, 5.41) is 0.661. The number of carbonyl (C=O) groups is 1. The van der Waals surface area contributed by atoms with Crippen LogP contribution in [-0.2, 0) is 0 Å². The molecule has 0 spiro atoms. The van der Waals surface area contributed by atoms with E-state index >= 15 is 0 Å². The lowest BCUT2D eigenvalue weighted by Crippen LogP contribution is -2.31. The van der Waals surface area contributed by atoms with Gasteiger partial charge in [-0.2, -0.15) is 0 Å². The largest absolute Gasteiger partial charge is 0.270 e. The molecule has 2 aromatic carbocycles. The molecule has 0 bridgehead atoms. The summed E-state index contributed by atoms with van der Waals surface area (Å²) in [6.07, 6.45) is 1.72. The molecule has 7 heteroatoms. The first-order valence-corrected chi connectivity index (χ1v) is 10.1. The number of nitrogens with zero attached hydrogens (tertiary/aromatic N) is 2. The molecule has 0 unspecified atom stereocenters. The lowest BCUT2D eigenvalue weighted by Gasteiger charge is -2.12. The summed E-state index contributed by atoms with van der Waals surface area (Å²) in [6, 6.07) is 14.7. The quantitative estimate of drug-likeness (QED) is 0.506. The van der Waals surface area contributed by atoms with E-state index in [4.69, 9.17) is 11.6 Å². The molecule has 0 fully saturated rings. The number of nitrogens with one attached hydrogen (secondary N) is 1. The van der Waals surface area contributed by atoms with Crippen LogP contribution in [0, 0.1) is 6.92 Å². The zero-order chi connectivity index (χ0) is 19.4. The zero-order valence-electron chi connectivity index (χ0n) is 14.6. The predicted octanol–water partition coefficient (Wildman–Crippen LogP) is 5.41. The second-order valence-corrected chi connectivity index (χ2v) is 8.24. The van der Waals surface area contributed by atoms with Gasteiger partial charge in [-0.15, -0.1) is 6.58 Å². The number of benzene rings is 2. The van der Waals surface area contributed by atoms with Gasteiger partial charge in [-0.05, 0) is 43.3 Å². The van der Waals surface area contributed by atoms with E-state index in [0.29, 0.717) is 21.9 Å². The van der Waals surface area contributed by atoms with Crippen LogP contribution in [0.1, 0.15) is 15.2 Å². The van der Waals surface area contributed by atoms with Crippen LogP contribution >= 0.6 is 38.9 Å². The van der Waals surface area contributed by atoms with Crippen molar-refractivity contribution in [1.29, 1.82) is 0 Å². The Morgan fingerprint density at radius 1 is 1.26 bits per heavy atom. The highest BCUT2D eigenvalue weighted by Crippen LogP contribution is 2.26. The van der Waals surface area contributed by atoms with Crippen LogP contribution in [0.5, 0.6) is 0 Å². The number of carbonyl (C=O) groups excluding carboxylic acids is 1. The van der Waals surface area contributed by atoms with E-state index in [-0.39, 0.29) is 5.91 Å². The van der Waals surface area contributed by atoms with Crippen molar-refractivity contribution in [3.8, 4) is 11.3 Å². The molecule has 1 heterocycles. The number of hydrogen-bond donors (Lipinski definition) is 1. The molecule has 0 saturated heterocycles. The molecule has 1 aromatic heterocycles. The Balaban J connectivity index is 2.08. The van der Waals surface area contributed by atoms with Crippen molar-refractivity contribution in [1.82, 2.24) is 4.68 Å². The molecule has 0 aliphatic heterocycles. The minimum absolute atomic E-state index is 0.212. The van der Waals surface area contributed by atoms with Gasteiger partial charge in [0.25, 0.3) is 5.91 Å². The highest BCUT2D eigenvalue weighted by Gasteiger charge is 2.16. The summed E-state index contributed by atoms with van der Waals surface area (Å²) in [5.41, 5.74) is 5.36. The first-order valence-electron chi connectivity index (χ1n) is 8.16. The lowest BCUT2D eigenvalue weighted by molar-refractivity contribution is 0.101. The Kier molecular flexibility index (Phi) is 6.31. The third-order valence-electron chi connectivity index (χ3n) is 3.79. The molecule has 1 amide bonds. The highest BCUT2D eigenvalue weighted by molar-refractivity contribution is 9.10. The maximum Gasteiger partial charge on any atom is 0.270 e. The van der Waals surface area contributed by atoms with E-state index in [2.05, 4.69) is 32.9 Å². The van der Waals surface area contributed by atoms with Crippen molar-refractivity contribution in [2.75, 3.05) is 12.0 Å². The van der Waals surface area contributed by atoms with Crippen molar-refractivity contribution in [2.24, 2.45) is 4.99 Å². The van der Waals surface area contributed by atoms with Gasteiger partial charge in [-0.1, -0.05) is 57.1 Å². The average Bonchev–Trinajstić information content (AvgIpc) is 2.96. The molecule has 0 aliphatic rings. The molecule has 27 heavy (non-hydrogen) atoms. The molecule has 0 atom stereocenters. The van der Waals surface area contributed by atoms with Gasteiger partial charge in [-0.25, -0.2) is 4.68 Å². The smallest absolute Gasteiger partial charge is 0.267 e. The van der Waals surface area contributed by atoms with E-state index < -0.39 is 0 Å². The summed E-state index contributed by atoms with van der Waals surface area (Å²) in [7, 11) is 0. The third kappa shape index (κ3) is 4.58. The second-order valence-electron chi connectivity index (χ2n) is 5.71. The molecular formula is C20H17BrClN3OS. The molecule has 3 aromatic rings. The third-order valence-corrected chi connectivity index (χ3v) is 5.56. The summed E-state index contributed by atoms with van der Waals surface area (Å²) in [6.45, 7) is 6.18. The number of thiazole rings is 1. The minimum atomic E-state index is -0.212. The Morgan fingerprint density at radius 2 is 1.93 bits per heavy atom. The van der Waals surface area contributed by atoms with Gasteiger partial charge in [0, 0.05) is 25.5 Å². The van der Waals surface area contributed by atoms with Crippen molar-refractivity contribution in [2.45, 2.75) is 6.92 Å². The average molecular weight is 463 g/mol. The maximum atomic E-state index is 12.8. The van der Waals surface area contributed by atoms with Gasteiger partial charge in [0.2, 0.25) is 4.80 Å². The number of hydrogen-bond acceptors (Lipinski definition) is 3. The summed E-state index contributed by atoms with van der Waals surface area (Å²) in [5.74, 6) is -0.212. The summed E-state index contributed by atoms with van der Waals surface area (Å²) in [4.78, 5) is 19.0. The fraction of sp³-hybridized carbons (Fsp3) is 0.100. The van der Waals surface area contributed by atoms with Crippen LogP contribution in [0.25, 0.3) is 11.3 Å². The van der Waals surface area contributed by atoms with Gasteiger partial charge in [0.1, 0.15) is 0 Å². The summed E-state index contributed by atoms with van der Waals surface area (Å²) >= 11 is 10.9. The van der Waals surface area contributed by atoms with Gasteiger partial charge in [0.05, 0.1) is 12.2 Å². The lowest BCUT2D eigenvalue weighted by atomic mass is 10.1. The van der Waals surface area contributed by atoms with E-state index in [9.17, 15) is 4.79 Å². The molecular weight excluding hydrogens is 446 g/mol. The van der Waals surface area contributed by atoms with Crippen LogP contribution in [0.2, 0.25) is 5.02 Å². The van der Waals surface area contributed by atoms with Crippen LogP contribution in [0.15, 0.2) is 70.7 Å². The standard InChI is InChI=1S/C20H17BrClN3OS/c1-3-12-23-20-25(24-19(26)15-4-8-16(21)9-5-15)18(13(2)27-20)14-6-10-17(22)11-7-14/h3-11H,1,12H2,2H3,(H,24,26). The molecule has 4 nitrogen and oxygen atoms in total. The topological polar surface area (TPSA) is 46.4 Å². The normalized spacial score (nSPS) is 11.4. The fourth-order valence-electron chi connectivity index (χ4n) is 2.54. The summed E-state index contributed by atoms with van der Waals surface area (Å²) < 4.78 is 2.65. The molecule has 138 valence electrons. The maximum absolute atomic E-state index is 12.8. The Bertz CT molecular complexity index is 1040. The molecule has 0 radical (unpaired) electrons. The number of aryl methyl sites for hydroxylation is 1. The van der Waals surface area contributed by atoms with Crippen molar-refractivity contribution in [3.63, 3.8) is 0 Å². The molecule has 1 N–H and O–H groups in total. The first-order chi connectivity index (χ1) is 13.0. The van der Waals surface area contributed by atoms with Crippen LogP contribution in [-0.4, -0.2) is 17.1 Å². The Labute approximate surface area is 174 Å². The number of amides is 1. The van der Waals surface area contributed by atoms with E-state index in [0.717, 1.165) is 20.6 Å². The highest BCUT2D eigenvalue weighted by atomic mass is 79.9. The Hall–Kier alpha value is -2.15. The van der Waals surface area contributed by atoms with Crippen molar-refractivity contribution < 1.29 is 4.79 Å². The second kappa shape index (κ2) is 8.69. The van der Waals surface area contributed by atoms with E-state index in [1.807, 2.05) is 43.3 Å². The van der Waals surface area contributed by atoms with Gasteiger partial charge >= 0.3 is 0 Å². The van der Waals surface area contributed by atoms with Gasteiger partial charge < -0.3 is 0 Å². The number of rotatable bonds is 5. The van der Waals surface area contributed by atoms with E-state index in [1.54, 1.807) is 22.9 Å². The molecule has 3 rings (SSSR count). The van der Waals surface area contributed by atoms with Gasteiger partial charge in [-0.3, -0.25) is 15.2 Å².